The predicted octanol–water partition coefficient (Wildman–Crippen LogP) is 9.05. The lowest BCUT2D eigenvalue weighted by atomic mass is 10.0. The maximum absolute atomic E-state index is 5.30. The van der Waals surface area contributed by atoms with Gasteiger partial charge in [-0.3, -0.25) is 4.57 Å². The summed E-state index contributed by atoms with van der Waals surface area (Å²) in [5.41, 5.74) is 7.74. The SMILES string of the molecule is C\C=c1/c(=C\C2=C\C(C)/C=C\C=C/N2c2ccccc2)n(-c2cccc(-c3cccc(-c4ccccc4)c3)n2)c2ccccc12. The van der Waals surface area contributed by atoms with Crippen LogP contribution in [-0.4, -0.2) is 9.55 Å². The number of allylic oxidation sites excluding steroid dienone is 5. The molecule has 0 amide bonds. The van der Waals surface area contributed by atoms with Gasteiger partial charge in [0, 0.05) is 33.8 Å². The molecule has 0 spiro atoms. The van der Waals surface area contributed by atoms with Crippen LogP contribution in [0.2, 0.25) is 0 Å². The number of pyridine rings is 1. The van der Waals surface area contributed by atoms with E-state index in [0.29, 0.717) is 0 Å². The second-order valence-electron chi connectivity index (χ2n) is 11.3. The van der Waals surface area contributed by atoms with Crippen molar-refractivity contribution in [1.29, 1.82) is 0 Å². The number of nitrogens with zero attached hydrogens (tertiary/aromatic N) is 3. The molecule has 1 atom stereocenters. The van der Waals surface area contributed by atoms with Gasteiger partial charge in [0.05, 0.1) is 16.6 Å². The van der Waals surface area contributed by atoms with Gasteiger partial charge < -0.3 is 4.90 Å². The number of hydrogen-bond acceptors (Lipinski definition) is 2. The monoisotopic (exact) mass is 581 g/mol. The third-order valence-electron chi connectivity index (χ3n) is 8.26. The van der Waals surface area contributed by atoms with E-state index in [1.165, 1.54) is 21.7 Å². The third kappa shape index (κ3) is 5.69. The highest BCUT2D eigenvalue weighted by atomic mass is 15.1. The topological polar surface area (TPSA) is 21.1 Å². The van der Waals surface area contributed by atoms with Crippen LogP contribution >= 0.6 is 0 Å². The fourth-order valence-electron chi connectivity index (χ4n) is 6.12. The van der Waals surface area contributed by atoms with Crippen molar-refractivity contribution >= 4 is 28.7 Å². The van der Waals surface area contributed by atoms with E-state index in [-0.39, 0.29) is 5.92 Å². The average molecular weight is 582 g/mol. The Hall–Kier alpha value is -5.67. The Bertz CT molecular complexity index is 2180. The lowest BCUT2D eigenvalue weighted by Gasteiger charge is -2.24. The molecule has 218 valence electrons. The minimum Gasteiger partial charge on any atom is -0.317 e. The fourth-order valence-corrected chi connectivity index (χ4v) is 6.12. The molecule has 0 bridgehead atoms. The first kappa shape index (κ1) is 28.1. The van der Waals surface area contributed by atoms with Crippen LogP contribution < -0.4 is 15.5 Å². The maximum atomic E-state index is 5.30. The van der Waals surface area contributed by atoms with Gasteiger partial charge >= 0.3 is 0 Å². The van der Waals surface area contributed by atoms with Gasteiger partial charge in [-0.2, -0.15) is 0 Å². The van der Waals surface area contributed by atoms with Gasteiger partial charge in [-0.15, -0.1) is 0 Å². The first-order valence-electron chi connectivity index (χ1n) is 15.5. The first-order chi connectivity index (χ1) is 22.2. The van der Waals surface area contributed by atoms with Crippen LogP contribution in [0.1, 0.15) is 13.8 Å². The lowest BCUT2D eigenvalue weighted by molar-refractivity contribution is 0.920. The van der Waals surface area contributed by atoms with Crippen molar-refractivity contribution in [2.75, 3.05) is 4.90 Å². The molecule has 0 N–H and O–H groups in total. The number of anilines is 1. The fraction of sp³-hybridized carbons (Fsp3) is 0.0714. The van der Waals surface area contributed by atoms with Crippen LogP contribution in [0.3, 0.4) is 0 Å². The van der Waals surface area contributed by atoms with Gasteiger partial charge in [0.2, 0.25) is 0 Å². The third-order valence-corrected chi connectivity index (χ3v) is 8.26. The van der Waals surface area contributed by atoms with Crippen LogP contribution in [0.25, 0.3) is 51.3 Å². The Labute approximate surface area is 264 Å². The normalized spacial score (nSPS) is 18.3. The molecule has 0 aliphatic carbocycles. The highest BCUT2D eigenvalue weighted by Gasteiger charge is 2.15. The molecule has 6 aromatic rings. The Kier molecular flexibility index (Phi) is 7.82. The Morgan fingerprint density at radius 3 is 2.22 bits per heavy atom. The Balaban J connectivity index is 1.44. The largest absolute Gasteiger partial charge is 0.317 e. The molecule has 3 heterocycles. The van der Waals surface area contributed by atoms with Gasteiger partial charge in [-0.05, 0) is 72.5 Å². The molecule has 0 saturated carbocycles. The van der Waals surface area contributed by atoms with Crippen molar-refractivity contribution in [1.82, 2.24) is 9.55 Å². The second-order valence-corrected chi connectivity index (χ2v) is 11.3. The van der Waals surface area contributed by atoms with Gasteiger partial charge in [0.15, 0.2) is 0 Å². The molecular formula is C42H35N3. The predicted molar refractivity (Wildman–Crippen MR) is 190 cm³/mol. The standard InChI is InChI=1S/C42H35N3/c1-3-37-38-23-10-11-25-40(38)45(41(37)30-36-28-31(2)16-12-13-27-44(36)35-21-8-5-9-22-35)42-26-15-24-39(43-42)34-20-14-19-33(29-34)32-17-6-4-7-18-32/h3-31H,1-2H3/b16-12-,27-13-,36-28-,37-3-,41-30+. The maximum Gasteiger partial charge on any atom is 0.138 e. The summed E-state index contributed by atoms with van der Waals surface area (Å²) in [6, 6.07) is 44.6. The van der Waals surface area contributed by atoms with Crippen molar-refractivity contribution in [2.45, 2.75) is 13.8 Å². The zero-order valence-corrected chi connectivity index (χ0v) is 25.6. The molecule has 4 aromatic carbocycles. The molecule has 3 heteroatoms. The minimum absolute atomic E-state index is 0.262. The summed E-state index contributed by atoms with van der Waals surface area (Å²) in [5, 5.41) is 3.48. The minimum atomic E-state index is 0.262. The molecule has 1 aliphatic rings. The van der Waals surface area contributed by atoms with Crippen molar-refractivity contribution in [3.63, 3.8) is 0 Å². The summed E-state index contributed by atoms with van der Waals surface area (Å²) in [4.78, 5) is 7.56. The second kappa shape index (κ2) is 12.5. The van der Waals surface area contributed by atoms with Crippen molar-refractivity contribution in [3.8, 4) is 28.2 Å². The quantitative estimate of drug-likeness (QED) is 0.203. The zero-order chi connectivity index (χ0) is 30.6. The number of fused-ring (bicyclic) bond motifs is 1. The number of para-hydroxylation sites is 2. The van der Waals surface area contributed by atoms with Crippen LogP contribution in [-0.2, 0) is 0 Å². The number of rotatable bonds is 5. The zero-order valence-electron chi connectivity index (χ0n) is 25.6. The van der Waals surface area contributed by atoms with Crippen LogP contribution in [0.4, 0.5) is 5.69 Å². The first-order valence-corrected chi connectivity index (χ1v) is 15.5. The van der Waals surface area contributed by atoms with Crippen LogP contribution in [0.5, 0.6) is 0 Å². The molecule has 1 unspecified atom stereocenters. The lowest BCUT2D eigenvalue weighted by Crippen LogP contribution is -2.30. The van der Waals surface area contributed by atoms with Gasteiger partial charge in [-0.25, -0.2) is 4.98 Å². The van der Waals surface area contributed by atoms with Gasteiger partial charge in [-0.1, -0.05) is 122 Å². The van der Waals surface area contributed by atoms with Crippen LogP contribution in [0.15, 0.2) is 164 Å². The number of benzene rings is 4. The molecule has 7 rings (SSSR count). The summed E-state index contributed by atoms with van der Waals surface area (Å²) in [6.07, 6.45) is 15.5. The van der Waals surface area contributed by atoms with E-state index in [1.807, 2.05) is 0 Å². The van der Waals surface area contributed by atoms with E-state index < -0.39 is 0 Å². The summed E-state index contributed by atoms with van der Waals surface area (Å²) in [5.74, 6) is 1.15. The molecule has 45 heavy (non-hydrogen) atoms. The smallest absolute Gasteiger partial charge is 0.138 e. The van der Waals surface area contributed by atoms with Crippen LogP contribution in [0, 0.1) is 5.92 Å². The molecule has 2 aromatic heterocycles. The van der Waals surface area contributed by atoms with Gasteiger partial charge in [0.1, 0.15) is 5.82 Å². The van der Waals surface area contributed by atoms with E-state index >= 15 is 0 Å². The molecule has 0 fully saturated rings. The number of aromatic nitrogens is 2. The Morgan fingerprint density at radius 1 is 0.689 bits per heavy atom. The van der Waals surface area contributed by atoms with Crippen molar-refractivity contribution in [3.05, 3.63) is 174 Å². The van der Waals surface area contributed by atoms with Crippen molar-refractivity contribution in [2.24, 2.45) is 5.92 Å². The van der Waals surface area contributed by atoms with Gasteiger partial charge in [0.25, 0.3) is 0 Å². The molecule has 3 nitrogen and oxygen atoms in total. The van der Waals surface area contributed by atoms with E-state index in [4.69, 9.17) is 4.98 Å². The van der Waals surface area contributed by atoms with E-state index in [0.717, 1.165) is 39.3 Å². The van der Waals surface area contributed by atoms with E-state index in [9.17, 15) is 0 Å². The Morgan fingerprint density at radius 2 is 1.40 bits per heavy atom. The van der Waals surface area contributed by atoms with Crippen molar-refractivity contribution < 1.29 is 0 Å². The molecule has 1 aliphatic heterocycles. The number of hydrogen-bond donors (Lipinski definition) is 0. The average Bonchev–Trinajstić information content (AvgIpc) is 3.41. The summed E-state index contributed by atoms with van der Waals surface area (Å²) >= 11 is 0. The molecule has 0 radical (unpaired) electrons. The molecular weight excluding hydrogens is 546 g/mol. The van der Waals surface area contributed by atoms with E-state index in [2.05, 4.69) is 193 Å². The summed E-state index contributed by atoms with van der Waals surface area (Å²) < 4.78 is 2.31. The highest BCUT2D eigenvalue weighted by Crippen LogP contribution is 2.27. The summed E-state index contributed by atoms with van der Waals surface area (Å²) in [6.45, 7) is 4.35. The summed E-state index contributed by atoms with van der Waals surface area (Å²) in [7, 11) is 0. The van der Waals surface area contributed by atoms with E-state index in [1.54, 1.807) is 0 Å². The highest BCUT2D eigenvalue weighted by molar-refractivity contribution is 5.84. The molecule has 0 saturated heterocycles.